The Morgan fingerprint density at radius 1 is 0.590 bits per heavy atom. The summed E-state index contributed by atoms with van der Waals surface area (Å²) in [7, 11) is -5.80. The maximum atomic E-state index is 15.1. The minimum Gasteiger partial charge on any atom is -0.744 e. The van der Waals surface area contributed by atoms with Crippen LogP contribution < -0.4 is 4.74 Å². The highest BCUT2D eigenvalue weighted by atomic mass is 32.2. The molecule has 0 spiro atoms. The molecule has 9 heteroatoms. The van der Waals surface area contributed by atoms with Crippen LogP contribution in [-0.4, -0.2) is 13.0 Å². The zero-order chi connectivity index (χ0) is 27.7. The molecule has 3 aliphatic carbocycles. The van der Waals surface area contributed by atoms with Crippen LogP contribution in [0.2, 0.25) is 0 Å². The van der Waals surface area contributed by atoms with Gasteiger partial charge in [-0.15, -0.1) is 0 Å². The van der Waals surface area contributed by atoms with Crippen molar-refractivity contribution in [1.82, 2.24) is 0 Å². The lowest BCUT2D eigenvalue weighted by molar-refractivity contribution is 0.334. The Bertz CT molecular complexity index is 1240. The van der Waals surface area contributed by atoms with Gasteiger partial charge in [0.15, 0.2) is 11.6 Å². The maximum absolute atomic E-state index is 15.1. The smallest absolute Gasteiger partial charge is 0.205 e. The first-order valence-corrected chi connectivity index (χ1v) is 15.7. The molecule has 5 rings (SSSR count). The quantitative estimate of drug-likeness (QED) is 0.198. The first kappa shape index (κ1) is 28.4. The topological polar surface area (TPSA) is 66.4 Å². The number of rotatable bonds is 6. The number of benzene rings is 2. The molecule has 4 nitrogen and oxygen atoms in total. The van der Waals surface area contributed by atoms with E-state index in [2.05, 4.69) is 12.1 Å². The predicted molar refractivity (Wildman–Crippen MR) is 138 cm³/mol. The van der Waals surface area contributed by atoms with Crippen molar-refractivity contribution in [2.24, 2.45) is 0 Å². The number of halogens is 4. The van der Waals surface area contributed by atoms with E-state index in [9.17, 15) is 21.8 Å². The second-order valence-corrected chi connectivity index (χ2v) is 12.8. The highest BCUT2D eigenvalue weighted by Gasteiger charge is 2.34. The molecular formula is C30H35F4O4S-. The molecule has 0 aromatic heterocycles. The van der Waals surface area contributed by atoms with E-state index in [1.54, 1.807) is 0 Å². The molecular weight excluding hydrogens is 532 g/mol. The van der Waals surface area contributed by atoms with Crippen LogP contribution in [0.25, 0.3) is 0 Å². The lowest BCUT2D eigenvalue weighted by Crippen LogP contribution is -2.15. The van der Waals surface area contributed by atoms with Gasteiger partial charge >= 0.3 is 0 Å². The Balaban J connectivity index is 1.69. The van der Waals surface area contributed by atoms with Crippen molar-refractivity contribution in [2.45, 2.75) is 119 Å². The highest BCUT2D eigenvalue weighted by Crippen LogP contribution is 2.49. The van der Waals surface area contributed by atoms with Gasteiger partial charge in [-0.25, -0.2) is 17.2 Å². The Morgan fingerprint density at radius 2 is 0.974 bits per heavy atom. The summed E-state index contributed by atoms with van der Waals surface area (Å²) in [5.74, 6) is -9.19. The fraction of sp³-hybridized carbons (Fsp3) is 0.600. The van der Waals surface area contributed by atoms with E-state index in [1.165, 1.54) is 12.0 Å². The molecule has 0 amide bonds. The number of hydrogen-bond acceptors (Lipinski definition) is 4. The molecule has 0 N–H and O–H groups in total. The Morgan fingerprint density at radius 3 is 1.36 bits per heavy atom. The number of ether oxygens (including phenoxy) is 1. The van der Waals surface area contributed by atoms with Gasteiger partial charge in [0, 0.05) is 0 Å². The fourth-order valence-corrected chi connectivity index (χ4v) is 7.54. The van der Waals surface area contributed by atoms with Gasteiger partial charge in [0.05, 0.1) is 0 Å². The van der Waals surface area contributed by atoms with Crippen LogP contribution in [0.3, 0.4) is 0 Å². The van der Waals surface area contributed by atoms with Crippen molar-refractivity contribution in [3.8, 4) is 11.5 Å². The van der Waals surface area contributed by atoms with Gasteiger partial charge in [-0.1, -0.05) is 69.9 Å². The first-order valence-electron chi connectivity index (χ1n) is 14.3. The lowest BCUT2D eigenvalue weighted by atomic mass is 9.75. The van der Waals surface area contributed by atoms with Gasteiger partial charge in [0.1, 0.15) is 20.8 Å². The third kappa shape index (κ3) is 5.85. The number of hydrogen-bond donors (Lipinski definition) is 0. The van der Waals surface area contributed by atoms with E-state index < -0.39 is 44.0 Å². The Labute approximate surface area is 227 Å². The van der Waals surface area contributed by atoms with Crippen LogP contribution in [-0.2, 0) is 10.1 Å². The largest absolute Gasteiger partial charge is 0.744 e. The molecule has 3 saturated carbocycles. The van der Waals surface area contributed by atoms with E-state index in [-0.39, 0.29) is 17.6 Å². The molecule has 3 fully saturated rings. The zero-order valence-electron chi connectivity index (χ0n) is 22.0. The van der Waals surface area contributed by atoms with Crippen LogP contribution >= 0.6 is 0 Å². The van der Waals surface area contributed by atoms with Crippen LogP contribution in [0.4, 0.5) is 17.6 Å². The lowest BCUT2D eigenvalue weighted by Gasteiger charge is -2.32. The van der Waals surface area contributed by atoms with Crippen molar-refractivity contribution in [3.05, 3.63) is 52.1 Å². The summed E-state index contributed by atoms with van der Waals surface area (Å²) in [5.41, 5.74) is 2.80. The Hall–Kier alpha value is -2.13. The molecule has 0 heterocycles. The average molecular weight is 568 g/mol. The second kappa shape index (κ2) is 11.8. The molecule has 2 aromatic carbocycles. The molecule has 0 saturated heterocycles. The van der Waals surface area contributed by atoms with Crippen LogP contribution in [0.1, 0.15) is 131 Å². The van der Waals surface area contributed by atoms with Gasteiger partial charge in [-0.3, -0.25) is 0 Å². The molecule has 3 aliphatic rings. The summed E-state index contributed by atoms with van der Waals surface area (Å²) in [6, 6.07) is 4.15. The van der Waals surface area contributed by atoms with Crippen LogP contribution in [0, 0.1) is 23.3 Å². The molecule has 0 aliphatic heterocycles. The molecule has 0 bridgehead atoms. The summed E-state index contributed by atoms with van der Waals surface area (Å²) in [5, 5.41) is 0. The molecule has 214 valence electrons. The minimum absolute atomic E-state index is 0.0711. The highest BCUT2D eigenvalue weighted by molar-refractivity contribution is 7.85. The van der Waals surface area contributed by atoms with Crippen molar-refractivity contribution >= 4 is 10.1 Å². The van der Waals surface area contributed by atoms with E-state index >= 15 is 8.78 Å². The standard InChI is InChI=1S/C30H36F4O4S/c31-24-26(33)30(39(35,36)37)27(34)25(32)29(24)38-28-22(19-12-6-2-7-13-19)16-21(18-10-4-1-5-11-18)17-23(28)20-14-8-3-9-15-20/h16-20H,1-15H2,(H,35,36,37)/p-1. The monoisotopic (exact) mass is 567 g/mol. The van der Waals surface area contributed by atoms with Crippen molar-refractivity contribution in [3.63, 3.8) is 0 Å². The fourth-order valence-electron chi connectivity index (χ4n) is 6.92. The van der Waals surface area contributed by atoms with Crippen molar-refractivity contribution in [2.75, 3.05) is 0 Å². The molecule has 2 aromatic rings. The Kier molecular flexibility index (Phi) is 8.57. The van der Waals surface area contributed by atoms with E-state index in [0.29, 0.717) is 5.92 Å². The third-order valence-corrected chi connectivity index (χ3v) is 9.83. The van der Waals surface area contributed by atoms with Gasteiger partial charge in [0.25, 0.3) is 0 Å². The van der Waals surface area contributed by atoms with Crippen LogP contribution in [0.15, 0.2) is 17.0 Å². The van der Waals surface area contributed by atoms with Gasteiger partial charge < -0.3 is 9.29 Å². The normalized spacial score (nSPS) is 20.3. The van der Waals surface area contributed by atoms with Gasteiger partial charge in [0.2, 0.25) is 17.4 Å². The van der Waals surface area contributed by atoms with E-state index in [4.69, 9.17) is 4.74 Å². The zero-order valence-corrected chi connectivity index (χ0v) is 22.9. The molecule has 0 unspecified atom stereocenters. The summed E-state index contributed by atoms with van der Waals surface area (Å²) >= 11 is 0. The summed E-state index contributed by atoms with van der Waals surface area (Å²) in [4.78, 5) is -2.17. The predicted octanol–water partition coefficient (Wildman–Crippen LogP) is 9.08. The molecule has 0 radical (unpaired) electrons. The van der Waals surface area contributed by atoms with Gasteiger partial charge in [-0.05, 0) is 73.0 Å². The maximum Gasteiger partial charge on any atom is 0.205 e. The average Bonchev–Trinajstić information content (AvgIpc) is 2.95. The van der Waals surface area contributed by atoms with Crippen LogP contribution in [0.5, 0.6) is 11.5 Å². The second-order valence-electron chi connectivity index (χ2n) is 11.5. The van der Waals surface area contributed by atoms with E-state index in [0.717, 1.165) is 101 Å². The summed E-state index contributed by atoms with van der Waals surface area (Å²) in [6.45, 7) is 0. The van der Waals surface area contributed by atoms with E-state index in [1.807, 2.05) is 0 Å². The van der Waals surface area contributed by atoms with Crippen molar-refractivity contribution in [1.29, 1.82) is 0 Å². The van der Waals surface area contributed by atoms with Gasteiger partial charge in [-0.2, -0.15) is 8.78 Å². The SMILES string of the molecule is O=S(=O)([O-])c1c(F)c(F)c(Oc2c(C3CCCCC3)cc(C3CCCCC3)cc2C2CCCCC2)c(F)c1F. The first-order chi connectivity index (χ1) is 18.7. The minimum atomic E-state index is -5.80. The summed E-state index contributed by atoms with van der Waals surface area (Å²) < 4.78 is 99.5. The summed E-state index contributed by atoms with van der Waals surface area (Å²) in [6.07, 6.45) is 15.3. The molecule has 0 atom stereocenters. The third-order valence-electron chi connectivity index (χ3n) is 8.97. The molecule has 39 heavy (non-hydrogen) atoms. The van der Waals surface area contributed by atoms with Crippen molar-refractivity contribution < 1.29 is 35.3 Å².